The van der Waals surface area contributed by atoms with Gasteiger partial charge >= 0.3 is 6.09 Å². The average Bonchev–Trinajstić information content (AvgIpc) is 2.64. The Labute approximate surface area is 150 Å². The number of hydrogen-bond acceptors (Lipinski definition) is 3. The fourth-order valence-corrected chi connectivity index (χ4v) is 2.72. The van der Waals surface area contributed by atoms with Crippen LogP contribution in [0.25, 0.3) is 0 Å². The van der Waals surface area contributed by atoms with Crippen molar-refractivity contribution in [3.05, 3.63) is 71.8 Å². The van der Waals surface area contributed by atoms with Crippen LogP contribution < -0.4 is 0 Å². The number of hydrogen-bond donors (Lipinski definition) is 0. The molecule has 1 atom stereocenters. The topological polar surface area (TPSA) is 46.6 Å². The van der Waals surface area contributed by atoms with Crippen molar-refractivity contribution in [2.75, 3.05) is 12.4 Å². The highest BCUT2D eigenvalue weighted by Crippen LogP contribution is 2.12. The zero-order valence-corrected chi connectivity index (χ0v) is 15.1. The first kappa shape index (κ1) is 18.2. The van der Waals surface area contributed by atoms with Gasteiger partial charge in [-0.15, -0.1) is 0 Å². The van der Waals surface area contributed by atoms with Gasteiger partial charge in [0, 0.05) is 13.5 Å². The molecule has 2 aromatic rings. The normalized spacial score (nSPS) is 11.6. The summed E-state index contributed by atoms with van der Waals surface area (Å²) in [6, 6.07) is 18.5. The van der Waals surface area contributed by atoms with Crippen molar-refractivity contribution in [3.63, 3.8) is 0 Å². The lowest BCUT2D eigenvalue weighted by molar-refractivity contribution is -0.120. The minimum Gasteiger partial charge on any atom is -0.445 e. The summed E-state index contributed by atoms with van der Waals surface area (Å²) in [6.07, 6.45) is -0.0450. The van der Waals surface area contributed by atoms with Crippen LogP contribution in [0.3, 0.4) is 0 Å². The second-order valence-corrected chi connectivity index (χ2v) is 6.02. The summed E-state index contributed by atoms with van der Waals surface area (Å²) in [7, 11) is 1.60. The minimum atomic E-state index is -0.560. The Morgan fingerprint density at radius 2 is 1.54 bits per heavy atom. The molecular formula is C19H20BrNO3. The van der Waals surface area contributed by atoms with Gasteiger partial charge in [0.15, 0.2) is 5.78 Å². The molecule has 0 saturated heterocycles. The molecule has 0 aliphatic rings. The van der Waals surface area contributed by atoms with E-state index in [0.717, 1.165) is 11.1 Å². The van der Waals surface area contributed by atoms with Gasteiger partial charge in [0.2, 0.25) is 0 Å². The van der Waals surface area contributed by atoms with Crippen LogP contribution in [0.15, 0.2) is 60.7 Å². The smallest absolute Gasteiger partial charge is 0.410 e. The van der Waals surface area contributed by atoms with Gasteiger partial charge in [-0.25, -0.2) is 4.79 Å². The Morgan fingerprint density at radius 1 is 1.00 bits per heavy atom. The molecule has 0 N–H and O–H groups in total. The number of carbonyl (C=O) groups excluding carboxylic acids is 2. The van der Waals surface area contributed by atoms with Crippen molar-refractivity contribution in [3.8, 4) is 0 Å². The maximum absolute atomic E-state index is 12.3. The molecule has 0 heterocycles. The van der Waals surface area contributed by atoms with Crippen molar-refractivity contribution in [2.24, 2.45) is 0 Å². The Bertz CT molecular complexity index is 661. The van der Waals surface area contributed by atoms with Crippen LogP contribution in [0.1, 0.15) is 11.1 Å². The highest BCUT2D eigenvalue weighted by atomic mass is 79.9. The Kier molecular flexibility index (Phi) is 7.00. The molecule has 0 aliphatic carbocycles. The van der Waals surface area contributed by atoms with Gasteiger partial charge in [-0.05, 0) is 11.1 Å². The molecule has 0 saturated carbocycles. The predicted octanol–water partition coefficient (Wildman–Crippen LogP) is 3.83. The molecule has 0 fully saturated rings. The number of nitrogens with zero attached hydrogens (tertiary/aromatic N) is 1. The summed E-state index contributed by atoms with van der Waals surface area (Å²) >= 11 is 3.19. The van der Waals surface area contributed by atoms with Crippen molar-refractivity contribution in [1.29, 1.82) is 0 Å². The number of ketones is 1. The van der Waals surface area contributed by atoms with Gasteiger partial charge in [-0.2, -0.15) is 0 Å². The van der Waals surface area contributed by atoms with E-state index in [1.165, 1.54) is 4.90 Å². The first-order chi connectivity index (χ1) is 11.6. The minimum absolute atomic E-state index is 0.0574. The molecule has 126 valence electrons. The number of rotatable bonds is 7. The Hall–Kier alpha value is -2.14. The molecule has 1 amide bonds. The first-order valence-corrected chi connectivity index (χ1v) is 8.80. The summed E-state index contributed by atoms with van der Waals surface area (Å²) in [5.41, 5.74) is 1.91. The monoisotopic (exact) mass is 389 g/mol. The summed E-state index contributed by atoms with van der Waals surface area (Å²) in [5.74, 6) is -0.0574. The van der Waals surface area contributed by atoms with Crippen molar-refractivity contribution in [2.45, 2.75) is 19.1 Å². The van der Waals surface area contributed by atoms with E-state index in [1.807, 2.05) is 60.7 Å². The zero-order valence-electron chi connectivity index (χ0n) is 13.5. The van der Waals surface area contributed by atoms with Gasteiger partial charge in [0.1, 0.15) is 6.61 Å². The predicted molar refractivity (Wildman–Crippen MR) is 97.1 cm³/mol. The second-order valence-electron chi connectivity index (χ2n) is 5.46. The quantitative estimate of drug-likeness (QED) is 0.676. The number of benzene rings is 2. The van der Waals surface area contributed by atoms with E-state index in [0.29, 0.717) is 6.42 Å². The fraction of sp³-hybridized carbons (Fsp3) is 0.263. The van der Waals surface area contributed by atoms with Crippen molar-refractivity contribution in [1.82, 2.24) is 4.90 Å². The van der Waals surface area contributed by atoms with Crippen molar-refractivity contribution >= 4 is 27.8 Å². The van der Waals surface area contributed by atoms with Crippen LogP contribution in [0.5, 0.6) is 0 Å². The molecular weight excluding hydrogens is 370 g/mol. The standard InChI is InChI=1S/C19H20BrNO3/c1-21(19(23)24-14-16-10-6-3-7-11-16)17(18(22)13-20)12-15-8-4-2-5-9-15/h2-11,17H,12-14H2,1H3/t17-/m0/s1. The van der Waals surface area contributed by atoms with Gasteiger partial charge in [0.25, 0.3) is 0 Å². The number of ether oxygens (including phenoxy) is 1. The molecule has 5 heteroatoms. The summed E-state index contributed by atoms with van der Waals surface area (Å²) < 4.78 is 5.32. The van der Waals surface area contributed by atoms with Gasteiger partial charge < -0.3 is 9.64 Å². The molecule has 0 spiro atoms. The zero-order chi connectivity index (χ0) is 17.4. The van der Waals surface area contributed by atoms with E-state index < -0.39 is 12.1 Å². The molecule has 0 bridgehead atoms. The van der Waals surface area contributed by atoms with Gasteiger partial charge in [-0.1, -0.05) is 76.6 Å². The lowest BCUT2D eigenvalue weighted by Crippen LogP contribution is -2.44. The molecule has 0 radical (unpaired) electrons. The van der Waals surface area contributed by atoms with Crippen LogP contribution in [0.4, 0.5) is 4.79 Å². The van der Waals surface area contributed by atoms with E-state index in [9.17, 15) is 9.59 Å². The third kappa shape index (κ3) is 5.20. The van der Waals surface area contributed by atoms with Crippen LogP contribution >= 0.6 is 15.9 Å². The van der Waals surface area contributed by atoms with Gasteiger partial charge in [0.05, 0.1) is 11.4 Å². The number of halogens is 1. The first-order valence-electron chi connectivity index (χ1n) is 7.68. The summed E-state index contributed by atoms with van der Waals surface area (Å²) in [5, 5.41) is 0.195. The Morgan fingerprint density at radius 3 is 2.08 bits per heavy atom. The van der Waals surface area contributed by atoms with E-state index in [-0.39, 0.29) is 17.7 Å². The number of likely N-dealkylation sites (N-methyl/N-ethyl adjacent to an activating group) is 1. The average molecular weight is 390 g/mol. The van der Waals surface area contributed by atoms with E-state index in [2.05, 4.69) is 15.9 Å². The molecule has 0 unspecified atom stereocenters. The van der Waals surface area contributed by atoms with Crippen LogP contribution in [-0.4, -0.2) is 35.2 Å². The van der Waals surface area contributed by atoms with Crippen LogP contribution in [0.2, 0.25) is 0 Å². The lowest BCUT2D eigenvalue weighted by Gasteiger charge is -2.26. The summed E-state index contributed by atoms with van der Waals surface area (Å²) in [4.78, 5) is 25.9. The largest absolute Gasteiger partial charge is 0.445 e. The van der Waals surface area contributed by atoms with Crippen LogP contribution in [-0.2, 0) is 22.6 Å². The lowest BCUT2D eigenvalue weighted by atomic mass is 10.0. The highest BCUT2D eigenvalue weighted by molar-refractivity contribution is 9.09. The van der Waals surface area contributed by atoms with E-state index in [1.54, 1.807) is 7.05 Å². The molecule has 0 aromatic heterocycles. The third-order valence-corrected chi connectivity index (χ3v) is 4.29. The maximum Gasteiger partial charge on any atom is 0.410 e. The molecule has 24 heavy (non-hydrogen) atoms. The second kappa shape index (κ2) is 9.23. The third-order valence-electron chi connectivity index (χ3n) is 3.74. The highest BCUT2D eigenvalue weighted by Gasteiger charge is 2.27. The summed E-state index contributed by atoms with van der Waals surface area (Å²) in [6.45, 7) is 0.185. The SMILES string of the molecule is CN(C(=O)OCc1ccccc1)[C@@H](Cc1ccccc1)C(=O)CBr. The van der Waals surface area contributed by atoms with Crippen molar-refractivity contribution < 1.29 is 14.3 Å². The number of carbonyl (C=O) groups is 2. The van der Waals surface area contributed by atoms with Gasteiger partial charge in [-0.3, -0.25) is 4.79 Å². The molecule has 4 nitrogen and oxygen atoms in total. The fourth-order valence-electron chi connectivity index (χ4n) is 2.34. The molecule has 2 rings (SSSR count). The Balaban J connectivity index is 2.02. The van der Waals surface area contributed by atoms with E-state index in [4.69, 9.17) is 4.74 Å². The van der Waals surface area contributed by atoms with Crippen LogP contribution in [0, 0.1) is 0 Å². The number of alkyl halides is 1. The van der Waals surface area contributed by atoms with E-state index >= 15 is 0 Å². The maximum atomic E-state index is 12.3. The molecule has 2 aromatic carbocycles. The number of amides is 1. The molecule has 0 aliphatic heterocycles. The number of Topliss-reactive ketones (excluding diaryl/α,β-unsaturated/α-hetero) is 1.